The lowest BCUT2D eigenvalue weighted by Crippen LogP contribution is -2.15. The number of benzene rings is 1. The van der Waals surface area contributed by atoms with E-state index < -0.39 is 5.97 Å². The molecule has 0 fully saturated rings. The number of amides is 1. The normalized spacial score (nSPS) is 10.2. The molecule has 0 spiro atoms. The average Bonchev–Trinajstić information content (AvgIpc) is 2.48. The Labute approximate surface area is 126 Å². The molecule has 2 N–H and O–H groups in total. The fraction of sp³-hybridized carbons (Fsp3) is 0.133. The number of carboxylic acids is 1. The molecule has 5 nitrogen and oxygen atoms in total. The van der Waals surface area contributed by atoms with E-state index in [2.05, 4.69) is 10.3 Å². The van der Waals surface area contributed by atoms with Crippen molar-refractivity contribution in [2.45, 2.75) is 11.8 Å². The Morgan fingerprint density at radius 2 is 2.00 bits per heavy atom. The van der Waals surface area contributed by atoms with Gasteiger partial charge in [0.1, 0.15) is 5.82 Å². The maximum Gasteiger partial charge on any atom is 0.354 e. The van der Waals surface area contributed by atoms with Crippen molar-refractivity contribution in [3.05, 3.63) is 53.2 Å². The lowest BCUT2D eigenvalue weighted by atomic mass is 10.1. The minimum absolute atomic E-state index is 0.109. The van der Waals surface area contributed by atoms with Gasteiger partial charge in [0.2, 0.25) is 0 Å². The summed E-state index contributed by atoms with van der Waals surface area (Å²) in [5.41, 5.74) is 1.28. The fourth-order valence-corrected chi connectivity index (χ4v) is 2.22. The second-order valence-electron chi connectivity index (χ2n) is 4.35. The topological polar surface area (TPSA) is 79.3 Å². The molecule has 2 aromatic rings. The highest BCUT2D eigenvalue weighted by Gasteiger charge is 2.12. The first-order valence-electron chi connectivity index (χ1n) is 6.17. The van der Waals surface area contributed by atoms with E-state index >= 15 is 0 Å². The number of pyridine rings is 1. The molecule has 1 amide bonds. The van der Waals surface area contributed by atoms with E-state index in [1.54, 1.807) is 23.9 Å². The van der Waals surface area contributed by atoms with Gasteiger partial charge in [-0.05, 0) is 43.0 Å². The summed E-state index contributed by atoms with van der Waals surface area (Å²) in [6, 6.07) is 10.1. The van der Waals surface area contributed by atoms with Crippen molar-refractivity contribution in [1.82, 2.24) is 4.98 Å². The number of carbonyl (C=O) groups is 2. The summed E-state index contributed by atoms with van der Waals surface area (Å²) in [6.07, 6.45) is 1.93. The molecule has 6 heteroatoms. The first kappa shape index (κ1) is 15.1. The predicted molar refractivity (Wildman–Crippen MR) is 82.1 cm³/mol. The van der Waals surface area contributed by atoms with Crippen molar-refractivity contribution in [2.75, 3.05) is 11.6 Å². The minimum atomic E-state index is -1.13. The Hall–Kier alpha value is -2.34. The summed E-state index contributed by atoms with van der Waals surface area (Å²) in [5, 5.41) is 11.5. The van der Waals surface area contributed by atoms with Crippen LogP contribution in [0.4, 0.5) is 5.82 Å². The standard InChI is InChI=1S/C15H14N2O3S/c1-9-6-7-10(21-2)8-11(9)14(18)17-13-5-3-4-12(16-13)15(19)20/h3-8H,1-2H3,(H,19,20)(H,16,17,18). The number of carbonyl (C=O) groups excluding carboxylic acids is 1. The third-order valence-electron chi connectivity index (χ3n) is 2.90. The van der Waals surface area contributed by atoms with E-state index in [9.17, 15) is 9.59 Å². The number of carboxylic acid groups (broad SMARTS) is 1. The fourth-order valence-electron chi connectivity index (χ4n) is 1.78. The van der Waals surface area contributed by atoms with Gasteiger partial charge in [-0.25, -0.2) is 9.78 Å². The van der Waals surface area contributed by atoms with Crippen LogP contribution in [0.15, 0.2) is 41.3 Å². The summed E-state index contributed by atoms with van der Waals surface area (Å²) < 4.78 is 0. The number of hydrogen-bond acceptors (Lipinski definition) is 4. The van der Waals surface area contributed by atoms with Crippen molar-refractivity contribution >= 4 is 29.5 Å². The second-order valence-corrected chi connectivity index (χ2v) is 5.23. The number of nitrogens with zero attached hydrogens (tertiary/aromatic N) is 1. The zero-order chi connectivity index (χ0) is 15.4. The molecule has 0 bridgehead atoms. The van der Waals surface area contributed by atoms with E-state index in [0.717, 1.165) is 10.5 Å². The highest BCUT2D eigenvalue weighted by atomic mass is 32.2. The van der Waals surface area contributed by atoms with Crippen LogP contribution in [0.5, 0.6) is 0 Å². The number of aromatic carboxylic acids is 1. The van der Waals surface area contributed by atoms with Crippen LogP contribution in [-0.2, 0) is 0 Å². The molecule has 0 aliphatic carbocycles. The molecular weight excluding hydrogens is 288 g/mol. The third-order valence-corrected chi connectivity index (χ3v) is 3.62. The SMILES string of the molecule is CSc1ccc(C)c(C(=O)Nc2cccc(C(=O)O)n2)c1. The Morgan fingerprint density at radius 1 is 1.24 bits per heavy atom. The van der Waals surface area contributed by atoms with Gasteiger partial charge in [0, 0.05) is 10.5 Å². The van der Waals surface area contributed by atoms with Crippen LogP contribution < -0.4 is 5.32 Å². The number of aromatic nitrogens is 1. The van der Waals surface area contributed by atoms with Gasteiger partial charge in [0.15, 0.2) is 5.69 Å². The van der Waals surface area contributed by atoms with Gasteiger partial charge in [-0.2, -0.15) is 0 Å². The van der Waals surface area contributed by atoms with Crippen molar-refractivity contribution in [3.8, 4) is 0 Å². The molecule has 0 saturated carbocycles. The second kappa shape index (κ2) is 6.41. The molecule has 0 unspecified atom stereocenters. The molecule has 1 heterocycles. The highest BCUT2D eigenvalue weighted by Crippen LogP contribution is 2.20. The maximum atomic E-state index is 12.3. The van der Waals surface area contributed by atoms with Crippen LogP contribution in [0.25, 0.3) is 0 Å². The molecule has 21 heavy (non-hydrogen) atoms. The molecule has 0 atom stereocenters. The van der Waals surface area contributed by atoms with E-state index in [-0.39, 0.29) is 17.4 Å². The number of hydrogen-bond donors (Lipinski definition) is 2. The molecule has 0 aliphatic rings. The zero-order valence-corrected chi connectivity index (χ0v) is 12.4. The van der Waals surface area contributed by atoms with Gasteiger partial charge >= 0.3 is 5.97 Å². The number of rotatable bonds is 4. The van der Waals surface area contributed by atoms with Crippen LogP contribution in [0.1, 0.15) is 26.4 Å². The zero-order valence-electron chi connectivity index (χ0n) is 11.6. The molecule has 0 saturated heterocycles. The summed E-state index contributed by atoms with van der Waals surface area (Å²) in [4.78, 5) is 28.0. The molecule has 0 aliphatic heterocycles. The van der Waals surface area contributed by atoms with Gasteiger partial charge < -0.3 is 10.4 Å². The van der Waals surface area contributed by atoms with E-state index in [1.165, 1.54) is 12.1 Å². The van der Waals surface area contributed by atoms with Crippen LogP contribution in [0, 0.1) is 6.92 Å². The lowest BCUT2D eigenvalue weighted by molar-refractivity contribution is 0.0690. The summed E-state index contributed by atoms with van der Waals surface area (Å²) in [7, 11) is 0. The van der Waals surface area contributed by atoms with Crippen LogP contribution in [0.3, 0.4) is 0 Å². The third kappa shape index (κ3) is 3.61. The Bertz CT molecular complexity index is 701. The van der Waals surface area contributed by atoms with E-state index in [4.69, 9.17) is 5.11 Å². The summed E-state index contributed by atoms with van der Waals surface area (Å²) >= 11 is 1.55. The summed E-state index contributed by atoms with van der Waals surface area (Å²) in [6.45, 7) is 1.85. The molecule has 1 aromatic carbocycles. The smallest absolute Gasteiger partial charge is 0.354 e. The molecule has 1 aromatic heterocycles. The maximum absolute atomic E-state index is 12.3. The largest absolute Gasteiger partial charge is 0.477 e. The molecular formula is C15H14N2O3S. The summed E-state index contributed by atoms with van der Waals surface area (Å²) in [5.74, 6) is -1.22. The number of nitrogens with one attached hydrogen (secondary N) is 1. The van der Waals surface area contributed by atoms with Gasteiger partial charge in [-0.3, -0.25) is 4.79 Å². The number of anilines is 1. The van der Waals surface area contributed by atoms with E-state index in [1.807, 2.05) is 25.3 Å². The Balaban J connectivity index is 2.25. The van der Waals surface area contributed by atoms with Crippen molar-refractivity contribution < 1.29 is 14.7 Å². The van der Waals surface area contributed by atoms with Crippen molar-refractivity contribution in [1.29, 1.82) is 0 Å². The number of aryl methyl sites for hydroxylation is 1. The van der Waals surface area contributed by atoms with Gasteiger partial charge in [-0.1, -0.05) is 12.1 Å². The highest BCUT2D eigenvalue weighted by molar-refractivity contribution is 7.98. The number of thioether (sulfide) groups is 1. The molecule has 2 rings (SSSR count). The van der Waals surface area contributed by atoms with Crippen LogP contribution >= 0.6 is 11.8 Å². The van der Waals surface area contributed by atoms with Gasteiger partial charge in [0.25, 0.3) is 5.91 Å². The predicted octanol–water partition coefficient (Wildman–Crippen LogP) is 3.06. The first-order chi connectivity index (χ1) is 10.0. The van der Waals surface area contributed by atoms with E-state index in [0.29, 0.717) is 5.56 Å². The van der Waals surface area contributed by atoms with Gasteiger partial charge in [-0.15, -0.1) is 11.8 Å². The van der Waals surface area contributed by atoms with Gasteiger partial charge in [0.05, 0.1) is 0 Å². The van der Waals surface area contributed by atoms with Crippen LogP contribution in [-0.4, -0.2) is 28.2 Å². The molecule has 0 radical (unpaired) electrons. The minimum Gasteiger partial charge on any atom is -0.477 e. The Morgan fingerprint density at radius 3 is 2.67 bits per heavy atom. The van der Waals surface area contributed by atoms with Crippen molar-refractivity contribution in [3.63, 3.8) is 0 Å². The molecule has 108 valence electrons. The monoisotopic (exact) mass is 302 g/mol. The Kier molecular flexibility index (Phi) is 4.59. The lowest BCUT2D eigenvalue weighted by Gasteiger charge is -2.09. The first-order valence-corrected chi connectivity index (χ1v) is 7.40. The van der Waals surface area contributed by atoms with Crippen molar-refractivity contribution in [2.24, 2.45) is 0 Å². The quantitative estimate of drug-likeness (QED) is 0.849. The van der Waals surface area contributed by atoms with Crippen LogP contribution in [0.2, 0.25) is 0 Å². The average molecular weight is 302 g/mol.